The lowest BCUT2D eigenvalue weighted by atomic mass is 9.93. The summed E-state index contributed by atoms with van der Waals surface area (Å²) >= 11 is 0. The highest BCUT2D eigenvalue weighted by Crippen LogP contribution is 2.44. The molecular weight excluding hydrogens is 613 g/mol. The Morgan fingerprint density at radius 1 is 0.560 bits per heavy atom. The molecule has 0 saturated heterocycles. The van der Waals surface area contributed by atoms with Crippen molar-refractivity contribution in [2.75, 3.05) is 23.5 Å². The van der Waals surface area contributed by atoms with Crippen LogP contribution in [0.25, 0.3) is 44.8 Å². The summed E-state index contributed by atoms with van der Waals surface area (Å²) in [5, 5.41) is 0. The number of para-hydroxylation sites is 2. The fourth-order valence-electron chi connectivity index (χ4n) is 7.15. The number of ether oxygens (including phenoxy) is 1. The monoisotopic (exact) mass is 650 g/mol. The van der Waals surface area contributed by atoms with Gasteiger partial charge < -0.3 is 14.5 Å². The maximum atomic E-state index is 6.99. The molecule has 0 atom stereocenters. The summed E-state index contributed by atoms with van der Waals surface area (Å²) in [6.45, 7) is 7.29. The Kier molecular flexibility index (Phi) is 8.09. The summed E-state index contributed by atoms with van der Waals surface area (Å²) in [6, 6.07) is 46.4. The second-order valence-corrected chi connectivity index (χ2v) is 13.1. The van der Waals surface area contributed by atoms with Gasteiger partial charge in [-0.15, -0.1) is 0 Å². The molecule has 0 bridgehead atoms. The van der Waals surface area contributed by atoms with Crippen molar-refractivity contribution in [3.05, 3.63) is 163 Å². The molecule has 50 heavy (non-hydrogen) atoms. The van der Waals surface area contributed by atoms with Crippen LogP contribution in [0.1, 0.15) is 16.7 Å². The predicted molar refractivity (Wildman–Crippen MR) is 206 cm³/mol. The molecule has 5 heteroatoms. The van der Waals surface area contributed by atoms with E-state index in [-0.39, 0.29) is 0 Å². The minimum atomic E-state index is 0.717. The molecule has 0 radical (unpaired) electrons. The van der Waals surface area contributed by atoms with Gasteiger partial charge in [-0.25, -0.2) is 0 Å². The van der Waals surface area contributed by atoms with Crippen molar-refractivity contribution >= 4 is 17.1 Å². The molecule has 0 amide bonds. The first kappa shape index (κ1) is 31.1. The molecule has 7 aromatic rings. The van der Waals surface area contributed by atoms with Crippen molar-refractivity contribution in [2.24, 2.45) is 0 Å². The minimum absolute atomic E-state index is 0.717. The normalized spacial score (nSPS) is 12.2. The fraction of sp³-hybridized carbons (Fsp3) is 0.111. The summed E-state index contributed by atoms with van der Waals surface area (Å²) in [4.78, 5) is 14.3. The van der Waals surface area contributed by atoms with Crippen molar-refractivity contribution in [3.63, 3.8) is 0 Å². The number of pyridine rings is 2. The molecule has 5 aromatic carbocycles. The fourth-order valence-corrected chi connectivity index (χ4v) is 7.15. The summed E-state index contributed by atoms with van der Waals surface area (Å²) in [6.07, 6.45) is 3.81. The molecule has 1 aliphatic heterocycles. The van der Waals surface area contributed by atoms with Gasteiger partial charge in [-0.3, -0.25) is 9.97 Å². The third-order valence-electron chi connectivity index (χ3n) is 9.42. The van der Waals surface area contributed by atoms with Crippen molar-refractivity contribution in [2.45, 2.75) is 20.8 Å². The van der Waals surface area contributed by atoms with E-state index in [1.807, 2.05) is 60.9 Å². The molecule has 0 unspecified atom stereocenters. The molecule has 0 N–H and O–H groups in total. The zero-order valence-corrected chi connectivity index (χ0v) is 28.8. The lowest BCUT2D eigenvalue weighted by Gasteiger charge is -2.23. The highest BCUT2D eigenvalue weighted by atomic mass is 16.5. The van der Waals surface area contributed by atoms with Gasteiger partial charge in [-0.1, -0.05) is 96.6 Å². The Bertz CT molecular complexity index is 2290. The number of benzene rings is 5. The lowest BCUT2D eigenvalue weighted by molar-refractivity contribution is 0.484. The number of hydrogen-bond donors (Lipinski definition) is 0. The zero-order chi connectivity index (χ0) is 34.2. The van der Waals surface area contributed by atoms with Gasteiger partial charge in [-0.05, 0) is 84.5 Å². The average molecular weight is 651 g/mol. The van der Waals surface area contributed by atoms with Crippen molar-refractivity contribution < 1.29 is 4.74 Å². The van der Waals surface area contributed by atoms with Crippen LogP contribution >= 0.6 is 0 Å². The van der Waals surface area contributed by atoms with Crippen LogP contribution in [0.2, 0.25) is 0 Å². The topological polar surface area (TPSA) is 41.5 Å². The lowest BCUT2D eigenvalue weighted by Crippen LogP contribution is -2.24. The first-order valence-electron chi connectivity index (χ1n) is 17.0. The number of fused-ring (bicyclic) bond motifs is 1. The van der Waals surface area contributed by atoms with Gasteiger partial charge in [0.2, 0.25) is 0 Å². The van der Waals surface area contributed by atoms with Crippen LogP contribution in [-0.4, -0.2) is 23.7 Å². The van der Waals surface area contributed by atoms with E-state index in [2.05, 4.69) is 123 Å². The molecule has 0 fully saturated rings. The average Bonchev–Trinajstić information content (AvgIpc) is 3.48. The van der Waals surface area contributed by atoms with Crippen LogP contribution in [0.15, 0.2) is 146 Å². The molecule has 8 rings (SSSR count). The smallest absolute Gasteiger partial charge is 0.139 e. The molecule has 0 spiro atoms. The summed E-state index contributed by atoms with van der Waals surface area (Å²) in [5.74, 6) is 1.47. The van der Waals surface area contributed by atoms with E-state index in [1.165, 1.54) is 33.6 Å². The minimum Gasteiger partial charge on any atom is -0.456 e. The zero-order valence-electron chi connectivity index (χ0n) is 28.8. The largest absolute Gasteiger partial charge is 0.456 e. The number of aromatic nitrogens is 2. The third kappa shape index (κ3) is 5.99. The molecule has 244 valence electrons. The van der Waals surface area contributed by atoms with Crippen LogP contribution in [0.5, 0.6) is 11.5 Å². The molecule has 1 aliphatic rings. The van der Waals surface area contributed by atoms with Gasteiger partial charge in [-0.2, -0.15) is 0 Å². The van der Waals surface area contributed by atoms with Gasteiger partial charge in [0.1, 0.15) is 11.5 Å². The Morgan fingerprint density at radius 3 is 1.92 bits per heavy atom. The molecule has 0 saturated carbocycles. The predicted octanol–water partition coefficient (Wildman–Crippen LogP) is 11.4. The van der Waals surface area contributed by atoms with E-state index >= 15 is 0 Å². The van der Waals surface area contributed by atoms with E-state index in [1.54, 1.807) is 0 Å². The Balaban J connectivity index is 1.25. The molecule has 2 aromatic heterocycles. The molecule has 3 heterocycles. The van der Waals surface area contributed by atoms with Crippen molar-refractivity contribution in [1.82, 2.24) is 9.97 Å². The van der Waals surface area contributed by atoms with E-state index in [9.17, 15) is 0 Å². The SMILES string of the molecule is Cc1cc(C)c(-c2cc(Oc3cc(-c4ccc(-c5ccccc5)cn4)ncc3-c3ccccc3)cc(N3CN(C)c4ccccc43)c2)c(C)c1. The van der Waals surface area contributed by atoms with E-state index in [4.69, 9.17) is 14.7 Å². The second-order valence-electron chi connectivity index (χ2n) is 13.1. The van der Waals surface area contributed by atoms with Crippen LogP contribution in [-0.2, 0) is 0 Å². The van der Waals surface area contributed by atoms with Gasteiger partial charge in [0, 0.05) is 48.4 Å². The van der Waals surface area contributed by atoms with Crippen molar-refractivity contribution in [3.8, 4) is 56.3 Å². The Morgan fingerprint density at radius 2 is 1.22 bits per heavy atom. The standard InChI is InChI=1S/C45H38N4O/c1-30-21-31(2)45(32(3)22-30)36-23-37(49-29-48(4)42-17-11-12-18-43(42)49)25-38(24-36)50-44-26-41(47-28-39(44)34-15-9-6-10-16-34)40-20-19-35(27-46-40)33-13-7-5-8-14-33/h5-28H,29H2,1-4H3. The second kappa shape index (κ2) is 13.0. The number of rotatable bonds is 7. The Hall–Kier alpha value is -6.20. The van der Waals surface area contributed by atoms with Gasteiger partial charge in [0.05, 0.1) is 29.4 Å². The summed E-state index contributed by atoms with van der Waals surface area (Å²) in [5.41, 5.74) is 15.2. The highest BCUT2D eigenvalue weighted by Gasteiger charge is 2.25. The number of aryl methyl sites for hydroxylation is 3. The number of nitrogens with zero attached hydrogens (tertiary/aromatic N) is 4. The van der Waals surface area contributed by atoms with Crippen LogP contribution in [0.4, 0.5) is 17.1 Å². The number of hydrogen-bond acceptors (Lipinski definition) is 5. The molecule has 5 nitrogen and oxygen atoms in total. The summed E-state index contributed by atoms with van der Waals surface area (Å²) < 4.78 is 6.99. The molecular formula is C45H38N4O. The quantitative estimate of drug-likeness (QED) is 0.172. The summed E-state index contributed by atoms with van der Waals surface area (Å²) in [7, 11) is 2.14. The maximum absolute atomic E-state index is 6.99. The van der Waals surface area contributed by atoms with Gasteiger partial charge >= 0.3 is 0 Å². The Labute approximate surface area is 294 Å². The van der Waals surface area contributed by atoms with Crippen LogP contribution in [0, 0.1) is 20.8 Å². The molecule has 0 aliphatic carbocycles. The third-order valence-corrected chi connectivity index (χ3v) is 9.42. The van der Waals surface area contributed by atoms with Gasteiger partial charge in [0.15, 0.2) is 0 Å². The first-order chi connectivity index (χ1) is 24.4. The van der Waals surface area contributed by atoms with E-state index < -0.39 is 0 Å². The van der Waals surface area contributed by atoms with Crippen molar-refractivity contribution in [1.29, 1.82) is 0 Å². The van der Waals surface area contributed by atoms with E-state index in [0.29, 0.717) is 0 Å². The highest BCUT2D eigenvalue weighted by molar-refractivity contribution is 5.85. The van der Waals surface area contributed by atoms with E-state index in [0.717, 1.165) is 63.1 Å². The first-order valence-corrected chi connectivity index (χ1v) is 17.0. The maximum Gasteiger partial charge on any atom is 0.139 e. The number of anilines is 3. The van der Waals surface area contributed by atoms with Crippen LogP contribution < -0.4 is 14.5 Å². The van der Waals surface area contributed by atoms with Crippen LogP contribution in [0.3, 0.4) is 0 Å². The van der Waals surface area contributed by atoms with Gasteiger partial charge in [0.25, 0.3) is 0 Å².